The van der Waals surface area contributed by atoms with Gasteiger partial charge in [-0.1, -0.05) is 12.1 Å². The maximum Gasteiger partial charge on any atom is 0.286 e. The lowest BCUT2D eigenvalue weighted by Gasteiger charge is -2.06. The highest BCUT2D eigenvalue weighted by Gasteiger charge is 1.99. The highest BCUT2D eigenvalue weighted by Crippen LogP contribution is 2.10. The van der Waals surface area contributed by atoms with Crippen LogP contribution in [0.1, 0.15) is 5.56 Å². The second-order valence-corrected chi connectivity index (χ2v) is 3.46. The maximum absolute atomic E-state index is 12.6. The highest BCUT2D eigenvalue weighted by molar-refractivity contribution is 5.20. The second kappa shape index (κ2) is 4.69. The molecule has 1 heterocycles. The van der Waals surface area contributed by atoms with Crippen molar-refractivity contribution in [1.29, 1.82) is 0 Å². The van der Waals surface area contributed by atoms with Crippen molar-refractivity contribution in [1.82, 2.24) is 4.73 Å². The van der Waals surface area contributed by atoms with Gasteiger partial charge < -0.3 is 9.94 Å². The van der Waals surface area contributed by atoms with Gasteiger partial charge in [0, 0.05) is 12.1 Å². The Kier molecular flexibility index (Phi) is 3.09. The number of nitrogens with zero attached hydrogens (tertiary/aromatic N) is 1. The summed E-state index contributed by atoms with van der Waals surface area (Å²) in [6.45, 7) is 0.231. The van der Waals surface area contributed by atoms with Gasteiger partial charge in [0.05, 0.1) is 6.20 Å². The third-order valence-corrected chi connectivity index (χ3v) is 2.19. The lowest BCUT2D eigenvalue weighted by Crippen LogP contribution is -2.15. The van der Waals surface area contributed by atoms with Crippen LogP contribution in [0.4, 0.5) is 4.39 Å². The Morgan fingerprint density at radius 2 is 1.94 bits per heavy atom. The van der Waals surface area contributed by atoms with Gasteiger partial charge in [-0.3, -0.25) is 4.79 Å². The molecule has 0 atom stereocenters. The highest BCUT2D eigenvalue weighted by atomic mass is 19.1. The van der Waals surface area contributed by atoms with E-state index in [1.807, 2.05) is 0 Å². The van der Waals surface area contributed by atoms with Crippen LogP contribution in [0.3, 0.4) is 0 Å². The van der Waals surface area contributed by atoms with Gasteiger partial charge in [-0.2, -0.15) is 4.73 Å². The van der Waals surface area contributed by atoms with E-state index in [4.69, 9.17) is 9.94 Å². The van der Waals surface area contributed by atoms with Crippen LogP contribution in [-0.4, -0.2) is 9.94 Å². The van der Waals surface area contributed by atoms with E-state index < -0.39 is 5.56 Å². The Balaban J connectivity index is 2.04. The summed E-state index contributed by atoms with van der Waals surface area (Å²) in [6, 6.07) is 8.51. The molecule has 5 heteroatoms. The van der Waals surface area contributed by atoms with Crippen LogP contribution in [0, 0.1) is 5.82 Å². The van der Waals surface area contributed by atoms with Crippen molar-refractivity contribution < 1.29 is 14.3 Å². The van der Waals surface area contributed by atoms with E-state index >= 15 is 0 Å². The first kappa shape index (κ1) is 11.2. The van der Waals surface area contributed by atoms with Gasteiger partial charge in [0.2, 0.25) is 0 Å². The molecule has 1 aromatic carbocycles. The van der Waals surface area contributed by atoms with Crippen molar-refractivity contribution >= 4 is 0 Å². The van der Waals surface area contributed by atoms with E-state index in [1.54, 1.807) is 12.1 Å². The minimum Gasteiger partial charge on any atom is -0.489 e. The number of rotatable bonds is 3. The third-order valence-electron chi connectivity index (χ3n) is 2.19. The fourth-order valence-corrected chi connectivity index (χ4v) is 1.29. The molecule has 2 rings (SSSR count). The van der Waals surface area contributed by atoms with Crippen LogP contribution >= 0.6 is 0 Å². The first-order valence-corrected chi connectivity index (χ1v) is 4.94. The van der Waals surface area contributed by atoms with Crippen LogP contribution in [0.15, 0.2) is 47.4 Å². The normalized spacial score (nSPS) is 10.2. The monoisotopic (exact) mass is 235 g/mol. The summed E-state index contributed by atoms with van der Waals surface area (Å²) in [5, 5.41) is 8.97. The van der Waals surface area contributed by atoms with Gasteiger partial charge in [0.1, 0.15) is 18.2 Å². The van der Waals surface area contributed by atoms with Crippen molar-refractivity contribution in [3.05, 3.63) is 64.3 Å². The van der Waals surface area contributed by atoms with E-state index in [-0.39, 0.29) is 12.4 Å². The van der Waals surface area contributed by atoms with Crippen LogP contribution < -0.4 is 10.3 Å². The van der Waals surface area contributed by atoms with E-state index in [1.165, 1.54) is 30.5 Å². The zero-order valence-corrected chi connectivity index (χ0v) is 8.84. The van der Waals surface area contributed by atoms with Crippen LogP contribution in [0.25, 0.3) is 0 Å². The summed E-state index contributed by atoms with van der Waals surface area (Å²) in [4.78, 5) is 11.1. The molecule has 17 heavy (non-hydrogen) atoms. The van der Waals surface area contributed by atoms with E-state index in [2.05, 4.69) is 0 Å². The molecule has 0 fully saturated rings. The first-order chi connectivity index (χ1) is 8.15. The Hall–Kier alpha value is -2.30. The van der Waals surface area contributed by atoms with E-state index in [0.717, 1.165) is 5.56 Å². The quantitative estimate of drug-likeness (QED) is 0.825. The van der Waals surface area contributed by atoms with E-state index in [9.17, 15) is 9.18 Å². The number of benzene rings is 1. The molecule has 0 unspecified atom stereocenters. The van der Waals surface area contributed by atoms with Gasteiger partial charge in [0.15, 0.2) is 0 Å². The molecule has 0 saturated heterocycles. The smallest absolute Gasteiger partial charge is 0.286 e. The summed E-state index contributed by atoms with van der Waals surface area (Å²) < 4.78 is 18.4. The number of pyridine rings is 1. The molecule has 88 valence electrons. The number of aromatic nitrogens is 1. The fourth-order valence-electron chi connectivity index (χ4n) is 1.29. The zero-order valence-electron chi connectivity index (χ0n) is 8.84. The molecular formula is C12H10FNO3. The molecule has 0 amide bonds. The summed E-state index contributed by atoms with van der Waals surface area (Å²) in [7, 11) is 0. The predicted molar refractivity (Wildman–Crippen MR) is 58.6 cm³/mol. The largest absolute Gasteiger partial charge is 0.489 e. The first-order valence-electron chi connectivity index (χ1n) is 4.94. The topological polar surface area (TPSA) is 51.5 Å². The standard InChI is InChI=1S/C12H10FNO3/c13-10-3-1-9(2-4-10)8-17-11-5-6-14(16)12(15)7-11/h1-7,16H,8H2. The fraction of sp³-hybridized carbons (Fsp3) is 0.0833. The molecule has 0 aliphatic heterocycles. The average molecular weight is 235 g/mol. The Morgan fingerprint density at radius 1 is 1.24 bits per heavy atom. The number of ether oxygens (including phenoxy) is 1. The van der Waals surface area contributed by atoms with Crippen molar-refractivity contribution in [2.45, 2.75) is 6.61 Å². The Morgan fingerprint density at radius 3 is 2.59 bits per heavy atom. The predicted octanol–water partition coefficient (Wildman–Crippen LogP) is 1.80. The molecule has 0 bridgehead atoms. The van der Waals surface area contributed by atoms with Gasteiger partial charge in [0.25, 0.3) is 5.56 Å². The molecule has 1 aromatic heterocycles. The zero-order chi connectivity index (χ0) is 12.3. The van der Waals surface area contributed by atoms with Crippen LogP contribution in [0.2, 0.25) is 0 Å². The molecular weight excluding hydrogens is 225 g/mol. The average Bonchev–Trinajstić information content (AvgIpc) is 2.33. The van der Waals surface area contributed by atoms with Crippen LogP contribution in [0.5, 0.6) is 5.75 Å². The summed E-state index contributed by atoms with van der Waals surface area (Å²) in [5.41, 5.74) is 0.223. The second-order valence-electron chi connectivity index (χ2n) is 3.46. The lowest BCUT2D eigenvalue weighted by atomic mass is 10.2. The Bertz CT molecular complexity index is 563. The van der Waals surface area contributed by atoms with Gasteiger partial charge in [-0.25, -0.2) is 4.39 Å². The minimum atomic E-state index is -0.568. The van der Waals surface area contributed by atoms with Gasteiger partial charge >= 0.3 is 0 Å². The molecule has 0 aliphatic rings. The molecule has 0 radical (unpaired) electrons. The third kappa shape index (κ3) is 2.84. The molecule has 0 spiro atoms. The minimum absolute atomic E-state index is 0.231. The lowest BCUT2D eigenvalue weighted by molar-refractivity contribution is 0.173. The van der Waals surface area contributed by atoms with Crippen molar-refractivity contribution in [3.8, 4) is 5.75 Å². The molecule has 4 nitrogen and oxygen atoms in total. The molecule has 0 saturated carbocycles. The van der Waals surface area contributed by atoms with Crippen LogP contribution in [-0.2, 0) is 6.61 Å². The molecule has 1 N–H and O–H groups in total. The van der Waals surface area contributed by atoms with Crippen molar-refractivity contribution in [2.75, 3.05) is 0 Å². The maximum atomic E-state index is 12.6. The van der Waals surface area contributed by atoms with Crippen molar-refractivity contribution in [2.24, 2.45) is 0 Å². The van der Waals surface area contributed by atoms with E-state index in [0.29, 0.717) is 10.5 Å². The molecule has 2 aromatic rings. The number of hydrogen-bond donors (Lipinski definition) is 1. The summed E-state index contributed by atoms with van der Waals surface area (Å²) in [5.74, 6) is 0.0428. The SMILES string of the molecule is O=c1cc(OCc2ccc(F)cc2)ccn1O. The van der Waals surface area contributed by atoms with Gasteiger partial charge in [-0.05, 0) is 17.7 Å². The number of hydrogen-bond acceptors (Lipinski definition) is 3. The summed E-state index contributed by atoms with van der Waals surface area (Å²) >= 11 is 0. The summed E-state index contributed by atoms with van der Waals surface area (Å²) in [6.07, 6.45) is 1.20. The van der Waals surface area contributed by atoms with Gasteiger partial charge in [-0.15, -0.1) is 0 Å². The van der Waals surface area contributed by atoms with Crippen molar-refractivity contribution in [3.63, 3.8) is 0 Å². The Labute approximate surface area is 96.5 Å². The molecule has 0 aliphatic carbocycles. The number of halogens is 1.